The van der Waals surface area contributed by atoms with Crippen LogP contribution in [0.15, 0.2) is 36.4 Å². The molecule has 13 heavy (non-hydrogen) atoms. The molecule has 1 heterocycles. The van der Waals surface area contributed by atoms with Gasteiger partial charge in [0.1, 0.15) is 0 Å². The van der Waals surface area contributed by atoms with E-state index in [1.54, 1.807) is 11.3 Å². The smallest absolute Gasteiger partial charge is 0.0449 e. The van der Waals surface area contributed by atoms with Gasteiger partial charge >= 0.3 is 0 Å². The van der Waals surface area contributed by atoms with Crippen molar-refractivity contribution in [1.82, 2.24) is 0 Å². The molecule has 1 aromatic heterocycles. The molecule has 1 radical (unpaired) electrons. The highest BCUT2D eigenvalue weighted by atomic mass is 32.1. The lowest BCUT2D eigenvalue weighted by Gasteiger charge is -2.00. The largest absolute Gasteiger partial charge is 0.326 e. The molecule has 2 heteroatoms. The highest BCUT2D eigenvalue weighted by molar-refractivity contribution is 7.13. The van der Waals surface area contributed by atoms with Crippen LogP contribution < -0.4 is 5.73 Å². The van der Waals surface area contributed by atoms with Crippen LogP contribution in [0, 0.1) is 5.38 Å². The monoisotopic (exact) mass is 188 g/mol. The van der Waals surface area contributed by atoms with Gasteiger partial charge in [0.05, 0.1) is 0 Å². The second-order valence-electron chi connectivity index (χ2n) is 2.82. The van der Waals surface area contributed by atoms with Crippen LogP contribution in [0.3, 0.4) is 0 Å². The second-order valence-corrected chi connectivity index (χ2v) is 3.70. The molecule has 1 nitrogen and oxygen atoms in total. The molecule has 0 atom stereocenters. The van der Waals surface area contributed by atoms with Crippen molar-refractivity contribution >= 4 is 11.3 Å². The molecule has 2 aromatic rings. The number of hydrogen-bond donors (Lipinski definition) is 1. The first-order valence-electron chi connectivity index (χ1n) is 4.15. The van der Waals surface area contributed by atoms with Gasteiger partial charge in [-0.25, -0.2) is 0 Å². The molecular formula is C11H10NS. The lowest BCUT2D eigenvalue weighted by molar-refractivity contribution is 1.07. The summed E-state index contributed by atoms with van der Waals surface area (Å²) in [5.74, 6) is 0. The van der Waals surface area contributed by atoms with Crippen molar-refractivity contribution in [2.75, 3.05) is 0 Å². The van der Waals surface area contributed by atoms with Crippen LogP contribution in [0.25, 0.3) is 10.4 Å². The number of thiophene rings is 1. The minimum absolute atomic E-state index is 0.600. The highest BCUT2D eigenvalue weighted by Gasteiger charge is 1.98. The van der Waals surface area contributed by atoms with Crippen molar-refractivity contribution < 1.29 is 0 Å². The third-order valence-corrected chi connectivity index (χ3v) is 2.76. The van der Waals surface area contributed by atoms with E-state index in [-0.39, 0.29) is 0 Å². The van der Waals surface area contributed by atoms with E-state index < -0.39 is 0 Å². The zero-order chi connectivity index (χ0) is 9.10. The Balaban J connectivity index is 2.41. The van der Waals surface area contributed by atoms with Gasteiger partial charge < -0.3 is 5.73 Å². The van der Waals surface area contributed by atoms with Crippen LogP contribution >= 0.6 is 11.3 Å². The van der Waals surface area contributed by atoms with Crippen molar-refractivity contribution in [3.63, 3.8) is 0 Å². The van der Waals surface area contributed by atoms with Crippen LogP contribution in [0.5, 0.6) is 0 Å². The van der Waals surface area contributed by atoms with E-state index in [4.69, 9.17) is 5.73 Å². The minimum atomic E-state index is 0.600. The van der Waals surface area contributed by atoms with Crippen molar-refractivity contribution in [2.45, 2.75) is 6.54 Å². The standard InChI is InChI=1S/C11H10NS/c12-8-9-3-1-4-10(7-9)11-5-2-6-13-11/h1-5,7H,8,12H2. The zero-order valence-electron chi connectivity index (χ0n) is 7.16. The van der Waals surface area contributed by atoms with Crippen LogP contribution in [0.4, 0.5) is 0 Å². The quantitative estimate of drug-likeness (QED) is 0.770. The van der Waals surface area contributed by atoms with Crippen LogP contribution in [-0.2, 0) is 6.54 Å². The Morgan fingerprint density at radius 1 is 1.31 bits per heavy atom. The Morgan fingerprint density at radius 3 is 2.92 bits per heavy atom. The molecule has 0 amide bonds. The summed E-state index contributed by atoms with van der Waals surface area (Å²) in [7, 11) is 0. The van der Waals surface area contributed by atoms with Gasteiger partial charge in [-0.1, -0.05) is 18.2 Å². The molecule has 2 N–H and O–H groups in total. The fourth-order valence-corrected chi connectivity index (χ4v) is 1.89. The number of nitrogens with two attached hydrogens (primary N) is 1. The van der Waals surface area contributed by atoms with Gasteiger partial charge in [0.25, 0.3) is 0 Å². The van der Waals surface area contributed by atoms with E-state index in [0.717, 1.165) is 0 Å². The van der Waals surface area contributed by atoms with Crippen molar-refractivity contribution in [3.8, 4) is 10.4 Å². The van der Waals surface area contributed by atoms with E-state index >= 15 is 0 Å². The Bertz CT molecular complexity index is 379. The molecule has 0 aliphatic heterocycles. The first kappa shape index (κ1) is 8.48. The Kier molecular flexibility index (Phi) is 2.43. The van der Waals surface area contributed by atoms with Gasteiger partial charge in [-0.3, -0.25) is 0 Å². The Hall–Kier alpha value is -1.12. The first-order valence-corrected chi connectivity index (χ1v) is 4.97. The maximum atomic E-state index is 5.57. The lowest BCUT2D eigenvalue weighted by atomic mass is 10.1. The third kappa shape index (κ3) is 1.79. The maximum Gasteiger partial charge on any atom is 0.0449 e. The summed E-state index contributed by atoms with van der Waals surface area (Å²) >= 11 is 1.63. The average molecular weight is 188 g/mol. The predicted molar refractivity (Wildman–Crippen MR) is 56.5 cm³/mol. The zero-order valence-corrected chi connectivity index (χ0v) is 7.97. The molecule has 0 spiro atoms. The lowest BCUT2D eigenvalue weighted by Crippen LogP contribution is -1.95. The summed E-state index contributed by atoms with van der Waals surface area (Å²) in [6.45, 7) is 0.600. The van der Waals surface area contributed by atoms with Crippen LogP contribution in [-0.4, -0.2) is 0 Å². The molecule has 0 aliphatic rings. The molecule has 65 valence electrons. The van der Waals surface area contributed by atoms with Gasteiger partial charge in [-0.05, 0) is 29.3 Å². The van der Waals surface area contributed by atoms with Gasteiger partial charge in [-0.2, -0.15) is 0 Å². The normalized spacial score (nSPS) is 10.2. The molecule has 1 aromatic carbocycles. The molecule has 0 bridgehead atoms. The Labute approximate surface area is 81.8 Å². The number of rotatable bonds is 2. The van der Waals surface area contributed by atoms with Gasteiger partial charge in [0, 0.05) is 16.8 Å². The van der Waals surface area contributed by atoms with Crippen molar-refractivity contribution in [3.05, 3.63) is 47.3 Å². The van der Waals surface area contributed by atoms with E-state index in [2.05, 4.69) is 23.6 Å². The molecular weight excluding hydrogens is 178 g/mol. The average Bonchev–Trinajstić information content (AvgIpc) is 2.71. The topological polar surface area (TPSA) is 26.0 Å². The fraction of sp³-hybridized carbons (Fsp3) is 0.0909. The SMILES string of the molecule is NCc1cccc(-c2cc[c]s2)c1. The Morgan fingerprint density at radius 2 is 2.23 bits per heavy atom. The van der Waals surface area contributed by atoms with Gasteiger partial charge in [-0.15, -0.1) is 11.3 Å². The molecule has 0 saturated heterocycles. The predicted octanol–water partition coefficient (Wildman–Crippen LogP) is 2.67. The molecule has 0 fully saturated rings. The van der Waals surface area contributed by atoms with Crippen molar-refractivity contribution in [1.29, 1.82) is 0 Å². The van der Waals surface area contributed by atoms with E-state index in [9.17, 15) is 0 Å². The summed E-state index contributed by atoms with van der Waals surface area (Å²) < 4.78 is 0. The van der Waals surface area contributed by atoms with Crippen molar-refractivity contribution in [2.24, 2.45) is 5.73 Å². The summed E-state index contributed by atoms with van der Waals surface area (Å²) in [6, 6.07) is 12.3. The number of benzene rings is 1. The van der Waals surface area contributed by atoms with Gasteiger partial charge in [0.2, 0.25) is 0 Å². The second kappa shape index (κ2) is 3.73. The number of hydrogen-bond acceptors (Lipinski definition) is 2. The molecule has 2 rings (SSSR count). The summed E-state index contributed by atoms with van der Waals surface area (Å²) in [4.78, 5) is 1.25. The summed E-state index contributed by atoms with van der Waals surface area (Å²) in [5, 5.41) is 3.08. The summed E-state index contributed by atoms with van der Waals surface area (Å²) in [5.41, 5.74) is 7.97. The molecule has 0 unspecified atom stereocenters. The van der Waals surface area contributed by atoms with Gasteiger partial charge in [0.15, 0.2) is 0 Å². The van der Waals surface area contributed by atoms with Crippen LogP contribution in [0.1, 0.15) is 5.56 Å². The molecule has 0 aliphatic carbocycles. The summed E-state index contributed by atoms with van der Waals surface area (Å²) in [6.07, 6.45) is 0. The van der Waals surface area contributed by atoms with E-state index in [1.165, 1.54) is 16.0 Å². The van der Waals surface area contributed by atoms with Crippen LogP contribution in [0.2, 0.25) is 0 Å². The third-order valence-electron chi connectivity index (χ3n) is 1.92. The highest BCUT2D eigenvalue weighted by Crippen LogP contribution is 2.24. The molecule has 0 saturated carbocycles. The maximum absolute atomic E-state index is 5.57. The van der Waals surface area contributed by atoms with E-state index in [0.29, 0.717) is 6.54 Å². The fourth-order valence-electron chi connectivity index (χ4n) is 1.25. The first-order chi connectivity index (χ1) is 6.40. The minimum Gasteiger partial charge on any atom is -0.326 e. The van der Waals surface area contributed by atoms with E-state index in [1.807, 2.05) is 18.2 Å².